The molecule has 0 aromatic carbocycles. The topological polar surface area (TPSA) is 90.2 Å². The molecule has 6 heteroatoms. The largest absolute Gasteiger partial charge is 0.466 e. The Hall–Kier alpha value is -2.77. The molecule has 0 aromatic heterocycles. The third-order valence-corrected chi connectivity index (χ3v) is 18.5. The van der Waals surface area contributed by atoms with E-state index in [1.54, 1.807) is 0 Å². The lowest BCUT2D eigenvalue weighted by molar-refractivity contribution is -0.144. The number of nitrogens with zero attached hydrogens (tertiary/aromatic N) is 1. The van der Waals surface area contributed by atoms with Gasteiger partial charge in [0.2, 0.25) is 0 Å². The third-order valence-electron chi connectivity index (χ3n) is 18.5. The highest BCUT2D eigenvalue weighted by molar-refractivity contribution is 5.69. The SMILES string of the molecule is CCCCC/C=C\C/C=C\CCCCCCCCC(O)(CCCCCCCC/C=C\C/C=C\CCCCC)CCCCOC(=O)CCN(C)C.CCCCC/C=C\C/C=C\CCCCCCCCC(O)(CCCCO)CCCCCCCC/C=C\C/C=C\CCCCC. The van der Waals surface area contributed by atoms with E-state index in [2.05, 4.69) is 125 Å². The zero-order valence-electron chi connectivity index (χ0n) is 63.2. The van der Waals surface area contributed by atoms with Gasteiger partial charge in [0.15, 0.2) is 0 Å². The summed E-state index contributed by atoms with van der Waals surface area (Å²) in [6.07, 6.45) is 107. The molecule has 0 amide bonds. The van der Waals surface area contributed by atoms with Crippen molar-refractivity contribution in [1.82, 2.24) is 4.90 Å². The summed E-state index contributed by atoms with van der Waals surface area (Å²) >= 11 is 0. The van der Waals surface area contributed by atoms with Gasteiger partial charge in [0.05, 0.1) is 24.2 Å². The van der Waals surface area contributed by atoms with Crippen molar-refractivity contribution in [2.75, 3.05) is 33.9 Å². The number of esters is 1. The first kappa shape index (κ1) is 92.3. The molecule has 0 heterocycles. The Bertz CT molecular complexity index is 1620. The standard InChI is InChI=1S/C46H85NO3.C41H76O2/c1-5-7-9-11-13-15-17-19-21-23-25-27-29-31-33-35-40-46(49,42-37-38-44-50-45(48)39-43-47(3)4)41-36-34-32-30-28-26-24-22-20-18-16-14-12-10-8-6-2;1-3-5-7-9-11-13-15-17-19-21-23-25-27-29-31-33-37-41(43,39-35-36-40-42)38-34-32-30-28-26-24-22-20-18-16-14-12-10-8-6-4-2/h13-16,19-22,49H,5-12,17-18,23-44H2,1-4H3;11-14,17-20,42-43H,3-10,15-16,21-40H2,1-2H3/b15-13-,16-14-,21-19-,22-20-;13-11-,14-12-,19-17-,20-18-. The van der Waals surface area contributed by atoms with Crippen molar-refractivity contribution in [2.24, 2.45) is 0 Å². The molecule has 0 aliphatic rings. The number of carbonyl (C=O) groups excluding carboxylic acids is 1. The molecule has 0 atom stereocenters. The minimum absolute atomic E-state index is 0.114. The lowest BCUT2D eigenvalue weighted by Crippen LogP contribution is -2.28. The van der Waals surface area contributed by atoms with E-state index in [1.807, 2.05) is 19.0 Å². The van der Waals surface area contributed by atoms with Gasteiger partial charge in [-0.15, -0.1) is 0 Å². The molecule has 0 aliphatic heterocycles. The van der Waals surface area contributed by atoms with Crippen molar-refractivity contribution >= 4 is 5.97 Å². The zero-order chi connectivity index (χ0) is 68.0. The van der Waals surface area contributed by atoms with Crippen LogP contribution in [0.1, 0.15) is 407 Å². The third kappa shape index (κ3) is 78.1. The fraction of sp³-hybridized carbons (Fsp3) is 0.805. The van der Waals surface area contributed by atoms with Crippen molar-refractivity contribution in [3.63, 3.8) is 0 Å². The molecule has 0 unspecified atom stereocenters. The van der Waals surface area contributed by atoms with Crippen molar-refractivity contribution < 1.29 is 24.9 Å². The van der Waals surface area contributed by atoms with E-state index in [1.165, 1.54) is 257 Å². The Balaban J connectivity index is 0. The highest BCUT2D eigenvalue weighted by Gasteiger charge is 2.26. The Morgan fingerprint density at radius 3 is 0.753 bits per heavy atom. The molecule has 0 aromatic rings. The minimum atomic E-state index is -0.570. The lowest BCUT2D eigenvalue weighted by Gasteiger charge is -2.29. The Morgan fingerprint density at radius 2 is 0.516 bits per heavy atom. The van der Waals surface area contributed by atoms with E-state index < -0.39 is 11.2 Å². The Kier molecular flexibility index (Phi) is 77.6. The first-order valence-corrected chi connectivity index (χ1v) is 40.7. The normalized spacial score (nSPS) is 12.7. The fourth-order valence-electron chi connectivity index (χ4n) is 12.2. The van der Waals surface area contributed by atoms with E-state index in [4.69, 9.17) is 4.74 Å². The molecule has 3 N–H and O–H groups in total. The average Bonchev–Trinajstić information content (AvgIpc) is 1.94. The summed E-state index contributed by atoms with van der Waals surface area (Å²) in [5.41, 5.74) is -1.08. The van der Waals surface area contributed by atoms with E-state index in [0.29, 0.717) is 13.0 Å². The van der Waals surface area contributed by atoms with Crippen molar-refractivity contribution in [1.29, 1.82) is 0 Å². The number of carbonyl (C=O) groups is 1. The van der Waals surface area contributed by atoms with Crippen LogP contribution >= 0.6 is 0 Å². The molecule has 93 heavy (non-hydrogen) atoms. The molecule has 0 radical (unpaired) electrons. The van der Waals surface area contributed by atoms with Crippen LogP contribution in [-0.2, 0) is 9.53 Å². The van der Waals surface area contributed by atoms with Crippen molar-refractivity contribution in [3.05, 3.63) is 97.2 Å². The number of hydrogen-bond acceptors (Lipinski definition) is 6. The highest BCUT2D eigenvalue weighted by atomic mass is 16.5. The summed E-state index contributed by atoms with van der Waals surface area (Å²) in [5.74, 6) is -0.114. The van der Waals surface area contributed by atoms with Gasteiger partial charge < -0.3 is 25.0 Å². The number of aliphatic hydroxyl groups is 3. The summed E-state index contributed by atoms with van der Waals surface area (Å²) in [6, 6.07) is 0. The van der Waals surface area contributed by atoms with Gasteiger partial charge in [-0.2, -0.15) is 0 Å². The number of ether oxygens (including phenoxy) is 1. The van der Waals surface area contributed by atoms with Crippen LogP contribution in [0.4, 0.5) is 0 Å². The van der Waals surface area contributed by atoms with Gasteiger partial charge >= 0.3 is 5.97 Å². The molecule has 0 spiro atoms. The summed E-state index contributed by atoms with van der Waals surface area (Å²) in [4.78, 5) is 14.0. The van der Waals surface area contributed by atoms with Gasteiger partial charge in [-0.25, -0.2) is 0 Å². The maximum Gasteiger partial charge on any atom is 0.307 e. The van der Waals surface area contributed by atoms with Gasteiger partial charge in [0, 0.05) is 13.2 Å². The van der Waals surface area contributed by atoms with Crippen LogP contribution in [0.5, 0.6) is 0 Å². The maximum atomic E-state index is 12.0. The summed E-state index contributed by atoms with van der Waals surface area (Å²) in [7, 11) is 3.94. The van der Waals surface area contributed by atoms with Crippen LogP contribution in [0.15, 0.2) is 97.2 Å². The Labute approximate surface area is 581 Å². The van der Waals surface area contributed by atoms with Gasteiger partial charge in [0.25, 0.3) is 0 Å². The Morgan fingerprint density at radius 1 is 0.301 bits per heavy atom. The predicted octanol–water partition coefficient (Wildman–Crippen LogP) is 27.1. The highest BCUT2D eigenvalue weighted by Crippen LogP contribution is 2.30. The quantitative estimate of drug-likeness (QED) is 0.0319. The summed E-state index contributed by atoms with van der Waals surface area (Å²) in [6.45, 7) is 10.5. The lowest BCUT2D eigenvalue weighted by atomic mass is 9.85. The van der Waals surface area contributed by atoms with Crippen LogP contribution in [0, 0.1) is 0 Å². The van der Waals surface area contributed by atoms with Gasteiger partial charge in [-0.05, 0) is 207 Å². The molecule has 0 aliphatic carbocycles. The van der Waals surface area contributed by atoms with Crippen LogP contribution in [-0.4, -0.2) is 71.2 Å². The van der Waals surface area contributed by atoms with Crippen molar-refractivity contribution in [2.45, 2.75) is 418 Å². The summed E-state index contributed by atoms with van der Waals surface area (Å²) < 4.78 is 5.43. The molecule has 0 saturated carbocycles. The van der Waals surface area contributed by atoms with Crippen LogP contribution in [0.2, 0.25) is 0 Å². The second kappa shape index (κ2) is 78.2. The second-order valence-electron chi connectivity index (χ2n) is 28.2. The van der Waals surface area contributed by atoms with Crippen LogP contribution in [0.3, 0.4) is 0 Å². The number of hydrogen-bond donors (Lipinski definition) is 3. The number of allylic oxidation sites excluding steroid dienone is 16. The number of aliphatic hydroxyl groups excluding tert-OH is 1. The molecule has 544 valence electrons. The number of rotatable bonds is 72. The summed E-state index contributed by atoms with van der Waals surface area (Å²) in [5, 5.41) is 32.2. The van der Waals surface area contributed by atoms with E-state index >= 15 is 0 Å². The van der Waals surface area contributed by atoms with Gasteiger partial charge in [-0.1, -0.05) is 305 Å². The zero-order valence-corrected chi connectivity index (χ0v) is 63.2. The minimum Gasteiger partial charge on any atom is -0.466 e. The molecule has 0 saturated heterocycles. The van der Waals surface area contributed by atoms with Crippen LogP contribution in [0.25, 0.3) is 0 Å². The smallest absolute Gasteiger partial charge is 0.307 e. The molecule has 0 fully saturated rings. The molecule has 0 rings (SSSR count). The van der Waals surface area contributed by atoms with Crippen LogP contribution < -0.4 is 0 Å². The van der Waals surface area contributed by atoms with E-state index in [9.17, 15) is 20.1 Å². The molecular weight excluding hydrogens is 1140 g/mol. The molecular formula is C87H161NO5. The first-order chi connectivity index (χ1) is 45.6. The second-order valence-corrected chi connectivity index (χ2v) is 28.2. The fourth-order valence-corrected chi connectivity index (χ4v) is 12.2. The monoisotopic (exact) mass is 1300 g/mol. The maximum absolute atomic E-state index is 12.0. The predicted molar refractivity (Wildman–Crippen MR) is 415 cm³/mol. The number of unbranched alkanes of at least 4 members (excludes halogenated alkanes) is 38. The van der Waals surface area contributed by atoms with Crippen molar-refractivity contribution in [3.8, 4) is 0 Å². The van der Waals surface area contributed by atoms with Gasteiger partial charge in [0.1, 0.15) is 0 Å². The molecule has 6 nitrogen and oxygen atoms in total. The van der Waals surface area contributed by atoms with E-state index in [-0.39, 0.29) is 12.6 Å². The van der Waals surface area contributed by atoms with Gasteiger partial charge in [-0.3, -0.25) is 4.79 Å². The average molecular weight is 1300 g/mol. The van der Waals surface area contributed by atoms with E-state index in [0.717, 1.165) is 122 Å². The first-order valence-electron chi connectivity index (χ1n) is 40.7. The molecule has 0 bridgehead atoms.